The highest BCUT2D eigenvalue weighted by molar-refractivity contribution is 6.30. The molecule has 4 aromatic rings. The largest absolute Gasteiger partial charge is 0.497 e. The van der Waals surface area contributed by atoms with Gasteiger partial charge in [0.2, 0.25) is 0 Å². The van der Waals surface area contributed by atoms with Gasteiger partial charge in [-0.3, -0.25) is 4.79 Å². The average Bonchev–Trinajstić information content (AvgIpc) is 3.65. The number of ether oxygens (including phenoxy) is 2. The summed E-state index contributed by atoms with van der Waals surface area (Å²) in [6.45, 7) is 3.23. The van der Waals surface area contributed by atoms with E-state index in [2.05, 4.69) is 30.6 Å². The number of nitrogens with zero attached hydrogens (tertiary/aromatic N) is 7. The Morgan fingerprint density at radius 3 is 2.65 bits per heavy atom. The number of pyridine rings is 1. The molecule has 15 heteroatoms. The minimum absolute atomic E-state index is 0.0541. The van der Waals surface area contributed by atoms with E-state index in [4.69, 9.17) is 21.1 Å². The molecule has 1 aliphatic rings. The third-order valence-electron chi connectivity index (χ3n) is 6.97. The van der Waals surface area contributed by atoms with Crippen LogP contribution in [0.4, 0.5) is 24.7 Å². The first-order valence-corrected chi connectivity index (χ1v) is 13.9. The molecule has 0 saturated carbocycles. The number of hydrogen-bond acceptors (Lipinski definition) is 9. The molecule has 5 rings (SSSR count). The highest BCUT2D eigenvalue weighted by Crippen LogP contribution is 2.32. The maximum Gasteiger partial charge on any atom is 0.423 e. The van der Waals surface area contributed by atoms with Gasteiger partial charge in [0.1, 0.15) is 22.8 Å². The predicted octanol–water partition coefficient (Wildman–Crippen LogP) is 4.43. The van der Waals surface area contributed by atoms with Crippen LogP contribution in [0.15, 0.2) is 59.8 Å². The monoisotopic (exact) mass is 618 g/mol. The van der Waals surface area contributed by atoms with Crippen LogP contribution in [-0.4, -0.2) is 62.6 Å². The lowest BCUT2D eigenvalue weighted by Crippen LogP contribution is -2.34. The van der Waals surface area contributed by atoms with Crippen LogP contribution in [0, 0.1) is 0 Å². The van der Waals surface area contributed by atoms with Gasteiger partial charge in [0.15, 0.2) is 0 Å². The summed E-state index contributed by atoms with van der Waals surface area (Å²) in [5.74, 6) is 1.43. The Morgan fingerprint density at radius 2 is 1.95 bits per heavy atom. The zero-order valence-corrected chi connectivity index (χ0v) is 24.2. The molecule has 11 nitrogen and oxygen atoms in total. The van der Waals surface area contributed by atoms with Gasteiger partial charge in [0.05, 0.1) is 56.0 Å². The Labute approximate surface area is 250 Å². The number of halogens is 4. The molecule has 0 bridgehead atoms. The minimum Gasteiger partial charge on any atom is -0.497 e. The van der Waals surface area contributed by atoms with Gasteiger partial charge >= 0.3 is 6.18 Å². The summed E-state index contributed by atoms with van der Waals surface area (Å²) in [6, 6.07) is 9.86. The summed E-state index contributed by atoms with van der Waals surface area (Å²) < 4.78 is 55.2. The summed E-state index contributed by atoms with van der Waals surface area (Å²) in [7, 11) is 1.51. The Bertz CT molecular complexity index is 1580. The van der Waals surface area contributed by atoms with Gasteiger partial charge in [-0.25, -0.2) is 14.3 Å². The van der Waals surface area contributed by atoms with Crippen molar-refractivity contribution in [2.75, 3.05) is 37.0 Å². The van der Waals surface area contributed by atoms with Crippen molar-refractivity contribution >= 4 is 23.1 Å². The summed E-state index contributed by atoms with van der Waals surface area (Å²) in [6.07, 6.45) is 0.408. The van der Waals surface area contributed by atoms with Crippen LogP contribution in [0.25, 0.3) is 0 Å². The fourth-order valence-corrected chi connectivity index (χ4v) is 4.93. The normalized spacial score (nSPS) is 16.0. The quantitative estimate of drug-likeness (QED) is 0.261. The van der Waals surface area contributed by atoms with E-state index in [1.807, 2.05) is 6.07 Å². The van der Waals surface area contributed by atoms with Gasteiger partial charge in [-0.1, -0.05) is 28.9 Å². The second kappa shape index (κ2) is 13.0. The van der Waals surface area contributed by atoms with Crippen LogP contribution in [0.5, 0.6) is 5.75 Å². The first-order valence-electron chi connectivity index (χ1n) is 13.5. The Kier molecular flexibility index (Phi) is 9.16. The minimum atomic E-state index is -4.89. The number of alkyl halides is 3. The van der Waals surface area contributed by atoms with Crippen LogP contribution in [0.1, 0.15) is 36.2 Å². The maximum absolute atomic E-state index is 14.0. The molecule has 1 N–H and O–H groups in total. The molecule has 1 aromatic carbocycles. The van der Waals surface area contributed by atoms with E-state index in [1.165, 1.54) is 7.11 Å². The number of anilines is 2. The van der Waals surface area contributed by atoms with Gasteiger partial charge in [-0.2, -0.15) is 18.3 Å². The van der Waals surface area contributed by atoms with Crippen LogP contribution in [0.2, 0.25) is 5.02 Å². The molecule has 4 heterocycles. The molecule has 0 aliphatic carbocycles. The van der Waals surface area contributed by atoms with E-state index in [0.717, 1.165) is 29.7 Å². The van der Waals surface area contributed by atoms with Crippen molar-refractivity contribution in [1.29, 1.82) is 0 Å². The molecule has 2 atom stereocenters. The van der Waals surface area contributed by atoms with Gasteiger partial charge in [-0.05, 0) is 43.2 Å². The van der Waals surface area contributed by atoms with E-state index >= 15 is 0 Å². The molecular weight excluding hydrogens is 589 g/mol. The first kappa shape index (κ1) is 30.3. The van der Waals surface area contributed by atoms with Crippen molar-refractivity contribution in [3.63, 3.8) is 0 Å². The molecule has 0 amide bonds. The van der Waals surface area contributed by atoms with Gasteiger partial charge < -0.3 is 19.7 Å². The summed E-state index contributed by atoms with van der Waals surface area (Å²) in [5, 5.41) is 15.7. The fourth-order valence-electron chi connectivity index (χ4n) is 4.81. The van der Waals surface area contributed by atoms with E-state index in [-0.39, 0.29) is 25.8 Å². The van der Waals surface area contributed by atoms with Crippen molar-refractivity contribution in [3.05, 3.63) is 87.2 Å². The van der Waals surface area contributed by atoms with Crippen LogP contribution < -0.4 is 20.5 Å². The molecule has 228 valence electrons. The summed E-state index contributed by atoms with van der Waals surface area (Å²) in [5.41, 5.74) is -1.77. The predicted molar refractivity (Wildman–Crippen MR) is 153 cm³/mol. The number of aromatic nitrogens is 6. The smallest absolute Gasteiger partial charge is 0.423 e. The standard InChI is InChI=1S/C28H30ClF3N8O3/c1-18(16-43-17-21-14-39(37-36-21)22-9-10-38(15-22)25-8-5-20(29)11-33-25)35-24-12-34-40(27(41)26(24)28(30,31)32)13-19-3-6-23(42-2)7-4-19/h3-8,11-12,14,18,22,35H,9-10,13,15-17H2,1-2H3. The molecule has 43 heavy (non-hydrogen) atoms. The number of benzene rings is 1. The van der Waals surface area contributed by atoms with Crippen molar-refractivity contribution in [2.45, 2.75) is 44.8 Å². The van der Waals surface area contributed by atoms with E-state index in [1.54, 1.807) is 54.3 Å². The van der Waals surface area contributed by atoms with E-state index in [9.17, 15) is 18.0 Å². The van der Waals surface area contributed by atoms with E-state index in [0.29, 0.717) is 28.6 Å². The first-order chi connectivity index (χ1) is 20.6. The van der Waals surface area contributed by atoms with Crippen molar-refractivity contribution in [1.82, 2.24) is 29.8 Å². The number of hydrogen-bond donors (Lipinski definition) is 1. The lowest BCUT2D eigenvalue weighted by atomic mass is 10.2. The van der Waals surface area contributed by atoms with Crippen LogP contribution in [-0.2, 0) is 24.1 Å². The number of rotatable bonds is 11. The molecule has 2 unspecified atom stereocenters. The molecule has 0 spiro atoms. The highest BCUT2D eigenvalue weighted by atomic mass is 35.5. The maximum atomic E-state index is 14.0. The van der Waals surface area contributed by atoms with Crippen molar-refractivity contribution < 1.29 is 22.6 Å². The van der Waals surface area contributed by atoms with Crippen molar-refractivity contribution in [2.24, 2.45) is 0 Å². The Hall–Kier alpha value is -4.17. The average molecular weight is 619 g/mol. The van der Waals surface area contributed by atoms with E-state index < -0.39 is 29.0 Å². The van der Waals surface area contributed by atoms with Gasteiger partial charge in [-0.15, -0.1) is 5.10 Å². The second-order valence-electron chi connectivity index (χ2n) is 10.2. The zero-order chi connectivity index (χ0) is 30.6. The summed E-state index contributed by atoms with van der Waals surface area (Å²) in [4.78, 5) is 19.3. The Balaban J connectivity index is 1.16. The number of nitrogens with one attached hydrogen (secondary N) is 1. The molecule has 3 aromatic heterocycles. The molecule has 1 aliphatic heterocycles. The molecule has 1 fully saturated rings. The SMILES string of the molecule is COc1ccc(Cn2ncc(NC(C)COCc3cn(C4CCN(c5ccc(Cl)cn5)C4)nn3)c(C(F)(F)F)c2=O)cc1. The van der Waals surface area contributed by atoms with Gasteiger partial charge in [0, 0.05) is 25.3 Å². The summed E-state index contributed by atoms with van der Waals surface area (Å²) >= 11 is 5.93. The third kappa shape index (κ3) is 7.43. The van der Waals surface area contributed by atoms with Crippen LogP contribution in [0.3, 0.4) is 0 Å². The fraction of sp³-hybridized carbons (Fsp3) is 0.393. The highest BCUT2D eigenvalue weighted by Gasteiger charge is 2.38. The topological polar surface area (TPSA) is 112 Å². The molecular formula is C28H30ClF3N8O3. The second-order valence-corrected chi connectivity index (χ2v) is 10.7. The molecule has 1 saturated heterocycles. The van der Waals surface area contributed by atoms with Crippen LogP contribution >= 0.6 is 11.6 Å². The zero-order valence-electron chi connectivity index (χ0n) is 23.5. The van der Waals surface area contributed by atoms with Gasteiger partial charge in [0.25, 0.3) is 5.56 Å². The van der Waals surface area contributed by atoms with Crippen molar-refractivity contribution in [3.8, 4) is 5.75 Å². The third-order valence-corrected chi connectivity index (χ3v) is 7.19. The molecule has 0 radical (unpaired) electrons. The Morgan fingerprint density at radius 1 is 1.16 bits per heavy atom. The lowest BCUT2D eigenvalue weighted by molar-refractivity contribution is -0.138. The number of methoxy groups -OCH3 is 1. The lowest BCUT2D eigenvalue weighted by Gasteiger charge is -2.19.